The largest absolute Gasteiger partial charge is 0.376 e. The SMILES string of the molecule is CC(C)CCCN1CCO[C@H](CCC(=O)C(C)(C)C)C1. The van der Waals surface area contributed by atoms with Crippen LogP contribution in [-0.4, -0.2) is 43.0 Å². The van der Waals surface area contributed by atoms with Crippen molar-refractivity contribution >= 4 is 5.78 Å². The molecule has 1 saturated heterocycles. The van der Waals surface area contributed by atoms with Crippen molar-refractivity contribution in [1.29, 1.82) is 0 Å². The van der Waals surface area contributed by atoms with Gasteiger partial charge in [0.15, 0.2) is 0 Å². The lowest BCUT2D eigenvalue weighted by Gasteiger charge is -2.33. The minimum Gasteiger partial charge on any atom is -0.376 e. The van der Waals surface area contributed by atoms with Gasteiger partial charge in [-0.05, 0) is 31.7 Å². The molecule has 0 saturated carbocycles. The zero-order chi connectivity index (χ0) is 15.2. The summed E-state index contributed by atoms with van der Waals surface area (Å²) in [6.45, 7) is 14.6. The highest BCUT2D eigenvalue weighted by molar-refractivity contribution is 5.83. The van der Waals surface area contributed by atoms with Crippen molar-refractivity contribution < 1.29 is 9.53 Å². The number of carbonyl (C=O) groups excluding carboxylic acids is 1. The number of rotatable bonds is 7. The highest BCUT2D eigenvalue weighted by Gasteiger charge is 2.25. The van der Waals surface area contributed by atoms with Crippen LogP contribution in [0.4, 0.5) is 0 Å². The molecule has 118 valence electrons. The van der Waals surface area contributed by atoms with E-state index in [0.29, 0.717) is 12.2 Å². The van der Waals surface area contributed by atoms with Gasteiger partial charge in [-0.2, -0.15) is 0 Å². The molecule has 1 atom stereocenters. The second-order valence-corrected chi connectivity index (χ2v) is 7.54. The van der Waals surface area contributed by atoms with E-state index in [1.807, 2.05) is 20.8 Å². The summed E-state index contributed by atoms with van der Waals surface area (Å²) in [5, 5.41) is 0. The Kier molecular flexibility index (Phi) is 7.18. The van der Waals surface area contributed by atoms with Gasteiger partial charge >= 0.3 is 0 Å². The van der Waals surface area contributed by atoms with E-state index >= 15 is 0 Å². The Morgan fingerprint density at radius 2 is 2.05 bits per heavy atom. The Labute approximate surface area is 125 Å². The standard InChI is InChI=1S/C17H33NO2/c1-14(2)7-6-10-18-11-12-20-15(13-18)8-9-16(19)17(3,4)5/h14-15H,6-13H2,1-5H3/t15-/m1/s1. The summed E-state index contributed by atoms with van der Waals surface area (Å²) >= 11 is 0. The molecule has 0 aliphatic carbocycles. The number of ether oxygens (including phenoxy) is 1. The van der Waals surface area contributed by atoms with Crippen molar-refractivity contribution in [3.63, 3.8) is 0 Å². The highest BCUT2D eigenvalue weighted by Crippen LogP contribution is 2.20. The fourth-order valence-electron chi connectivity index (χ4n) is 2.55. The number of nitrogens with zero attached hydrogens (tertiary/aromatic N) is 1. The fraction of sp³-hybridized carbons (Fsp3) is 0.941. The summed E-state index contributed by atoms with van der Waals surface area (Å²) in [6.07, 6.45) is 4.33. The Morgan fingerprint density at radius 3 is 2.65 bits per heavy atom. The van der Waals surface area contributed by atoms with Crippen LogP contribution in [0.2, 0.25) is 0 Å². The van der Waals surface area contributed by atoms with Gasteiger partial charge in [-0.15, -0.1) is 0 Å². The van der Waals surface area contributed by atoms with Crippen molar-refractivity contribution in [2.45, 2.75) is 66.4 Å². The summed E-state index contributed by atoms with van der Waals surface area (Å²) in [5.41, 5.74) is -0.217. The fourth-order valence-corrected chi connectivity index (χ4v) is 2.55. The molecule has 0 aromatic rings. The number of morpholine rings is 1. The second-order valence-electron chi connectivity index (χ2n) is 7.54. The van der Waals surface area contributed by atoms with Gasteiger partial charge in [-0.1, -0.05) is 34.6 Å². The van der Waals surface area contributed by atoms with E-state index in [4.69, 9.17) is 4.74 Å². The van der Waals surface area contributed by atoms with Crippen molar-refractivity contribution in [3.05, 3.63) is 0 Å². The first-order chi connectivity index (χ1) is 9.29. The monoisotopic (exact) mass is 283 g/mol. The molecule has 1 fully saturated rings. The molecular weight excluding hydrogens is 250 g/mol. The van der Waals surface area contributed by atoms with Crippen LogP contribution in [-0.2, 0) is 9.53 Å². The van der Waals surface area contributed by atoms with Crippen molar-refractivity contribution in [2.75, 3.05) is 26.2 Å². The molecule has 1 heterocycles. The number of Topliss-reactive ketones (excluding diaryl/α,β-unsaturated/α-hetero) is 1. The smallest absolute Gasteiger partial charge is 0.138 e. The third-order valence-electron chi connectivity index (χ3n) is 4.01. The molecular formula is C17H33NO2. The molecule has 1 aliphatic heterocycles. The zero-order valence-electron chi connectivity index (χ0n) is 14.1. The maximum absolute atomic E-state index is 12.0. The van der Waals surface area contributed by atoms with Crippen molar-refractivity contribution in [3.8, 4) is 0 Å². The molecule has 0 aromatic heterocycles. The van der Waals surface area contributed by atoms with Crippen molar-refractivity contribution in [1.82, 2.24) is 4.90 Å². The van der Waals surface area contributed by atoms with Gasteiger partial charge in [0.2, 0.25) is 0 Å². The first-order valence-electron chi connectivity index (χ1n) is 8.16. The normalized spacial score (nSPS) is 21.4. The number of ketones is 1. The summed E-state index contributed by atoms with van der Waals surface area (Å²) in [7, 11) is 0. The Hall–Kier alpha value is -0.410. The average Bonchev–Trinajstić information content (AvgIpc) is 2.35. The zero-order valence-corrected chi connectivity index (χ0v) is 14.1. The predicted octanol–water partition coefficient (Wildman–Crippen LogP) is 3.52. The van der Waals surface area contributed by atoms with Crippen LogP contribution in [0.15, 0.2) is 0 Å². The van der Waals surface area contributed by atoms with Gasteiger partial charge in [0.1, 0.15) is 5.78 Å². The maximum Gasteiger partial charge on any atom is 0.138 e. The molecule has 0 spiro atoms. The summed E-state index contributed by atoms with van der Waals surface area (Å²) < 4.78 is 5.80. The van der Waals surface area contributed by atoms with Crippen molar-refractivity contribution in [2.24, 2.45) is 11.3 Å². The Bertz CT molecular complexity index is 294. The highest BCUT2D eigenvalue weighted by atomic mass is 16.5. The number of hydrogen-bond acceptors (Lipinski definition) is 3. The molecule has 1 rings (SSSR count). The Balaban J connectivity index is 2.25. The third-order valence-corrected chi connectivity index (χ3v) is 4.01. The molecule has 3 nitrogen and oxygen atoms in total. The van der Waals surface area contributed by atoms with E-state index < -0.39 is 0 Å². The van der Waals surface area contributed by atoms with Crippen LogP contribution in [0.1, 0.15) is 60.3 Å². The van der Waals surface area contributed by atoms with Gasteiger partial charge in [0.25, 0.3) is 0 Å². The number of carbonyl (C=O) groups is 1. The first-order valence-corrected chi connectivity index (χ1v) is 8.16. The van der Waals surface area contributed by atoms with Gasteiger partial charge in [-0.25, -0.2) is 0 Å². The maximum atomic E-state index is 12.0. The summed E-state index contributed by atoms with van der Waals surface area (Å²) in [4.78, 5) is 14.5. The molecule has 0 unspecified atom stereocenters. The molecule has 0 aromatic carbocycles. The molecule has 0 N–H and O–H groups in total. The molecule has 20 heavy (non-hydrogen) atoms. The minimum absolute atomic E-state index is 0.217. The molecule has 0 amide bonds. The van der Waals surface area contributed by atoms with E-state index in [0.717, 1.165) is 32.0 Å². The minimum atomic E-state index is -0.217. The van der Waals surface area contributed by atoms with Crippen LogP contribution in [0.3, 0.4) is 0 Å². The summed E-state index contributed by atoms with van der Waals surface area (Å²) in [5.74, 6) is 1.13. The van der Waals surface area contributed by atoms with Crippen LogP contribution >= 0.6 is 0 Å². The lowest BCUT2D eigenvalue weighted by Crippen LogP contribution is -2.43. The van der Waals surface area contributed by atoms with E-state index in [-0.39, 0.29) is 11.5 Å². The van der Waals surface area contributed by atoms with E-state index in [9.17, 15) is 4.79 Å². The lowest BCUT2D eigenvalue weighted by atomic mass is 9.87. The molecule has 0 radical (unpaired) electrons. The van der Waals surface area contributed by atoms with Gasteiger partial charge in [0.05, 0.1) is 12.7 Å². The number of hydrogen-bond donors (Lipinski definition) is 0. The third kappa shape index (κ3) is 6.85. The summed E-state index contributed by atoms with van der Waals surface area (Å²) in [6, 6.07) is 0. The second kappa shape index (κ2) is 8.14. The topological polar surface area (TPSA) is 29.5 Å². The van der Waals surface area contributed by atoms with Gasteiger partial charge in [0, 0.05) is 24.9 Å². The van der Waals surface area contributed by atoms with E-state index in [2.05, 4.69) is 18.7 Å². The van der Waals surface area contributed by atoms with Gasteiger partial charge in [-0.3, -0.25) is 9.69 Å². The first kappa shape index (κ1) is 17.6. The average molecular weight is 283 g/mol. The Morgan fingerprint density at radius 1 is 1.35 bits per heavy atom. The van der Waals surface area contributed by atoms with Crippen LogP contribution in [0.25, 0.3) is 0 Å². The quantitative estimate of drug-likeness (QED) is 0.716. The van der Waals surface area contributed by atoms with E-state index in [1.165, 1.54) is 19.4 Å². The van der Waals surface area contributed by atoms with Crippen LogP contribution in [0, 0.1) is 11.3 Å². The lowest BCUT2D eigenvalue weighted by molar-refractivity contribution is -0.127. The molecule has 0 bridgehead atoms. The molecule has 1 aliphatic rings. The van der Waals surface area contributed by atoms with E-state index in [1.54, 1.807) is 0 Å². The van der Waals surface area contributed by atoms with Crippen LogP contribution in [0.5, 0.6) is 0 Å². The van der Waals surface area contributed by atoms with Gasteiger partial charge < -0.3 is 4.74 Å². The molecule has 3 heteroatoms. The van der Waals surface area contributed by atoms with Crippen LogP contribution < -0.4 is 0 Å². The predicted molar refractivity (Wildman–Crippen MR) is 83.9 cm³/mol.